The second-order valence-electron chi connectivity index (χ2n) is 21.5. The number of hydrogen-bond donors (Lipinski definition) is 4. The zero-order chi connectivity index (χ0) is 63.8. The van der Waals surface area contributed by atoms with Crippen LogP contribution >= 0.6 is 31.9 Å². The second-order valence-corrected chi connectivity index (χ2v) is 23.2. The van der Waals surface area contributed by atoms with Crippen LogP contribution in [0.2, 0.25) is 0 Å². The third kappa shape index (κ3) is 18.6. The van der Waals surface area contributed by atoms with E-state index in [4.69, 9.17) is 42.2 Å². The van der Waals surface area contributed by atoms with E-state index in [0.717, 1.165) is 115 Å². The molecule has 0 unspecified atom stereocenters. The molecule has 0 bridgehead atoms. The Morgan fingerprint density at radius 2 is 0.409 bits per heavy atom. The Kier molecular flexibility index (Phi) is 21.9. The molecule has 0 aromatic heterocycles. The number of nitrogen functional groups attached to an aromatic ring is 4. The molecule has 0 aliphatic carbocycles. The molecular formula is C82H64Br2N4. The Hall–Kier alpha value is -10.8. The van der Waals surface area contributed by atoms with Gasteiger partial charge in [-0.25, -0.2) is 0 Å². The molecule has 88 heavy (non-hydrogen) atoms. The zero-order valence-corrected chi connectivity index (χ0v) is 54.2. The summed E-state index contributed by atoms with van der Waals surface area (Å²) in [7, 11) is 0. The van der Waals surface area contributed by atoms with Gasteiger partial charge in [-0.05, 0) is 246 Å². The van der Waals surface area contributed by atoms with Gasteiger partial charge in [-0.3, -0.25) is 0 Å². The number of halogens is 2. The zero-order valence-electron chi connectivity index (χ0n) is 51.1. The molecule has 6 heteroatoms. The van der Waals surface area contributed by atoms with Gasteiger partial charge >= 0.3 is 0 Å². The Bertz CT molecular complexity index is 4270. The summed E-state index contributed by atoms with van der Waals surface area (Å²) >= 11 is 6.77. The van der Waals surface area contributed by atoms with Gasteiger partial charge in [0.2, 0.25) is 0 Å². The fourth-order valence-electron chi connectivity index (χ4n) is 9.35. The Balaban J connectivity index is 0.000000418. The molecule has 0 saturated carbocycles. The minimum absolute atomic E-state index is 0.590. The Morgan fingerprint density at radius 3 is 0.614 bits per heavy atom. The van der Waals surface area contributed by atoms with E-state index < -0.39 is 0 Å². The summed E-state index contributed by atoms with van der Waals surface area (Å²) in [6, 6.07) is 45.3. The second kappa shape index (κ2) is 29.8. The molecule has 426 valence electrons. The van der Waals surface area contributed by atoms with Gasteiger partial charge in [-0.1, -0.05) is 139 Å². The van der Waals surface area contributed by atoms with E-state index in [1.165, 1.54) is 38.9 Å². The summed E-state index contributed by atoms with van der Waals surface area (Å²) in [5.74, 6) is 47.8. The van der Waals surface area contributed by atoms with Crippen LogP contribution in [0.3, 0.4) is 0 Å². The number of hydrogen-bond acceptors (Lipinski definition) is 4. The Morgan fingerprint density at radius 1 is 0.227 bits per heavy atom. The monoisotopic (exact) mass is 1260 g/mol. The molecule has 0 fully saturated rings. The van der Waals surface area contributed by atoms with Crippen molar-refractivity contribution in [2.45, 2.75) is 69.2 Å². The fraction of sp³-hybridized carbons (Fsp3) is 0.122. The first-order valence-corrected chi connectivity index (χ1v) is 29.5. The fourth-order valence-corrected chi connectivity index (χ4v) is 10.6. The smallest absolute Gasteiger partial charge is 0.0339 e. The summed E-state index contributed by atoms with van der Waals surface area (Å²) in [5.41, 5.74) is 50.6. The van der Waals surface area contributed by atoms with Crippen LogP contribution in [-0.4, -0.2) is 0 Å². The van der Waals surface area contributed by atoms with E-state index in [-0.39, 0.29) is 0 Å². The lowest BCUT2D eigenvalue weighted by molar-refractivity contribution is 1.37. The highest BCUT2D eigenvalue weighted by molar-refractivity contribution is 9.11. The quantitative estimate of drug-likeness (QED) is 0.0897. The van der Waals surface area contributed by atoms with Crippen LogP contribution in [0.15, 0.2) is 148 Å². The molecule has 0 radical (unpaired) electrons. The number of rotatable bonds is 0. The molecule has 9 rings (SSSR count). The van der Waals surface area contributed by atoms with Gasteiger partial charge in [0.1, 0.15) is 0 Å². The number of terminal acetylenes is 3. The molecule has 0 aliphatic rings. The van der Waals surface area contributed by atoms with Gasteiger partial charge in [-0.2, -0.15) is 0 Å². The van der Waals surface area contributed by atoms with Gasteiger partial charge in [0, 0.05) is 115 Å². The first kappa shape index (κ1) is 64.7. The van der Waals surface area contributed by atoms with Crippen LogP contribution in [-0.2, 0) is 0 Å². The molecule has 0 spiro atoms. The molecular weight excluding hydrogens is 1200 g/mol. The van der Waals surface area contributed by atoms with Gasteiger partial charge < -0.3 is 22.9 Å². The van der Waals surface area contributed by atoms with E-state index in [9.17, 15) is 0 Å². The van der Waals surface area contributed by atoms with Crippen molar-refractivity contribution in [2.75, 3.05) is 22.9 Å². The molecule has 4 nitrogen and oxygen atoms in total. The Labute approximate surface area is 538 Å². The van der Waals surface area contributed by atoms with Crippen LogP contribution in [0, 0.1) is 177 Å². The van der Waals surface area contributed by atoms with Crippen molar-refractivity contribution < 1.29 is 0 Å². The maximum Gasteiger partial charge on any atom is 0.0339 e. The first-order valence-electron chi connectivity index (χ1n) is 27.9. The normalized spacial score (nSPS) is 9.65. The van der Waals surface area contributed by atoms with Crippen molar-refractivity contribution in [3.05, 3.63) is 288 Å². The highest BCUT2D eigenvalue weighted by Gasteiger charge is 2.08. The maximum absolute atomic E-state index is 6.43. The number of aryl methyl sites for hydroxylation is 6. The molecule has 9 aromatic carbocycles. The van der Waals surface area contributed by atoms with Crippen LogP contribution in [0.25, 0.3) is 0 Å². The van der Waals surface area contributed by atoms with Crippen LogP contribution < -0.4 is 22.9 Å². The predicted octanol–water partition coefficient (Wildman–Crippen LogP) is 16.3. The van der Waals surface area contributed by atoms with E-state index >= 15 is 0 Å². The topological polar surface area (TPSA) is 104 Å². The van der Waals surface area contributed by atoms with E-state index in [1.807, 2.05) is 94.4 Å². The van der Waals surface area contributed by atoms with Crippen molar-refractivity contribution in [1.29, 1.82) is 0 Å². The standard InChI is InChI=1S/C63H51N3.C12H6.C7H7Br2N/c1-40-22-41(2)26-49(25-40)10-16-55-34-61(64)37-58(46(55)7)19-13-52-31-53(14-20-59-38-62(65)35-56(47(59)8)17-11-50-27-42(3)23-43(4)28-50)33-54(32-52)15-21-60-39-63(66)36-57(48(60)9)18-12-51-29-44(5)24-45(6)30-51;1-4-10-7-11(5-2)9-12(6-3)8-10;1-4-6(8)2-5(10)3-7(4)9/h22-39H,64-66H2,1-9H3;1-3,7-9H;2-3H,10H2,1H3. The summed E-state index contributed by atoms with van der Waals surface area (Å²) < 4.78 is 2.08. The van der Waals surface area contributed by atoms with Crippen molar-refractivity contribution in [2.24, 2.45) is 0 Å². The van der Waals surface area contributed by atoms with Crippen molar-refractivity contribution >= 4 is 54.6 Å². The minimum Gasteiger partial charge on any atom is -0.399 e. The molecule has 9 aromatic rings. The lowest BCUT2D eigenvalue weighted by Crippen LogP contribution is -1.95. The summed E-state index contributed by atoms with van der Waals surface area (Å²) in [6.07, 6.45) is 15.6. The van der Waals surface area contributed by atoms with Crippen LogP contribution in [0.1, 0.15) is 139 Å². The van der Waals surface area contributed by atoms with Crippen molar-refractivity contribution in [1.82, 2.24) is 0 Å². The predicted molar refractivity (Wildman–Crippen MR) is 378 cm³/mol. The van der Waals surface area contributed by atoms with Crippen LogP contribution in [0.4, 0.5) is 22.7 Å². The average molecular weight is 1270 g/mol. The van der Waals surface area contributed by atoms with E-state index in [1.54, 1.807) is 18.2 Å². The average Bonchev–Trinajstić information content (AvgIpc) is 3.51. The number of nitrogens with two attached hydrogens (primary N) is 4. The van der Waals surface area contributed by atoms with Crippen molar-refractivity contribution in [3.63, 3.8) is 0 Å². The third-order valence-corrected chi connectivity index (χ3v) is 15.3. The largest absolute Gasteiger partial charge is 0.399 e. The summed E-state index contributed by atoms with van der Waals surface area (Å²) in [5, 5.41) is 0. The van der Waals surface area contributed by atoms with Gasteiger partial charge in [-0.15, -0.1) is 19.3 Å². The third-order valence-electron chi connectivity index (χ3n) is 13.7. The van der Waals surface area contributed by atoms with Gasteiger partial charge in [0.15, 0.2) is 0 Å². The minimum atomic E-state index is 0.590. The highest BCUT2D eigenvalue weighted by atomic mass is 79.9. The highest BCUT2D eigenvalue weighted by Crippen LogP contribution is 2.28. The van der Waals surface area contributed by atoms with Crippen LogP contribution in [0.5, 0.6) is 0 Å². The lowest BCUT2D eigenvalue weighted by atomic mass is 9.99. The number of anilines is 4. The maximum atomic E-state index is 6.43. The van der Waals surface area contributed by atoms with Crippen molar-refractivity contribution in [3.8, 4) is 108 Å². The summed E-state index contributed by atoms with van der Waals surface area (Å²) in [4.78, 5) is 0. The molecule has 0 amide bonds. The van der Waals surface area contributed by atoms with E-state index in [0.29, 0.717) is 17.1 Å². The molecule has 0 aliphatic heterocycles. The summed E-state index contributed by atoms with van der Waals surface area (Å²) in [6.45, 7) is 20.6. The number of benzene rings is 9. The molecule has 0 atom stereocenters. The first-order chi connectivity index (χ1) is 41.9. The molecule has 8 N–H and O–H groups in total. The van der Waals surface area contributed by atoms with E-state index in [2.05, 4.69) is 217 Å². The molecule has 0 saturated heterocycles. The van der Waals surface area contributed by atoms with Gasteiger partial charge in [0.25, 0.3) is 0 Å². The lowest BCUT2D eigenvalue weighted by Gasteiger charge is -2.05. The van der Waals surface area contributed by atoms with Gasteiger partial charge in [0.05, 0.1) is 0 Å². The SMILES string of the molecule is C#Cc1cc(C#C)cc(C#C)c1.Cc1c(Br)cc(N)cc1Br.Cc1cc(C)cc(C#Cc2cc(N)cc(C#Cc3cc(C#Cc4cc(N)cc(C#Cc5cc(C)cc(C)c5)c4C)cc(C#Cc4cc(N)cc(C#Cc5cc(C)cc(C)c5)c4C)c3)c2C)c1. The molecule has 0 heterocycles.